The molecule has 2 atom stereocenters. The molecule has 0 spiro atoms. The van der Waals surface area contributed by atoms with Crippen molar-refractivity contribution < 1.29 is 10.2 Å². The highest BCUT2D eigenvalue weighted by molar-refractivity contribution is 4.83. The number of nitrogens with zero attached hydrogens (tertiary/aromatic N) is 1. The number of piperidine rings is 1. The minimum atomic E-state index is -0.606. The van der Waals surface area contributed by atoms with Gasteiger partial charge in [-0.1, -0.05) is 6.42 Å². The highest BCUT2D eigenvalue weighted by atomic mass is 16.3. The molecular formula is C13H28N2O2. The zero-order valence-electron chi connectivity index (χ0n) is 11.4. The molecule has 1 heterocycles. The Balaban J connectivity index is 2.42. The quantitative estimate of drug-likeness (QED) is 0.662. The molecule has 2 unspecified atom stereocenters. The molecule has 0 amide bonds. The van der Waals surface area contributed by atoms with Gasteiger partial charge >= 0.3 is 0 Å². The zero-order chi connectivity index (χ0) is 12.9. The lowest BCUT2D eigenvalue weighted by molar-refractivity contribution is 0.0320. The lowest BCUT2D eigenvalue weighted by Gasteiger charge is -2.38. The van der Waals surface area contributed by atoms with Gasteiger partial charge in [0.15, 0.2) is 0 Å². The summed E-state index contributed by atoms with van der Waals surface area (Å²) in [6.45, 7) is 8.95. The Morgan fingerprint density at radius 3 is 2.65 bits per heavy atom. The molecule has 3 N–H and O–H groups in total. The third-order valence-corrected chi connectivity index (χ3v) is 3.27. The van der Waals surface area contributed by atoms with E-state index in [1.54, 1.807) is 0 Å². The Morgan fingerprint density at radius 1 is 1.35 bits per heavy atom. The van der Waals surface area contributed by atoms with E-state index >= 15 is 0 Å². The van der Waals surface area contributed by atoms with E-state index in [1.165, 1.54) is 19.3 Å². The van der Waals surface area contributed by atoms with Crippen LogP contribution in [0.15, 0.2) is 0 Å². The summed E-state index contributed by atoms with van der Waals surface area (Å²) in [5, 5.41) is 22.0. The Morgan fingerprint density at radius 2 is 2.06 bits per heavy atom. The van der Waals surface area contributed by atoms with Crippen LogP contribution in [0.5, 0.6) is 0 Å². The molecule has 4 nitrogen and oxygen atoms in total. The van der Waals surface area contributed by atoms with Crippen molar-refractivity contribution in [2.75, 3.05) is 26.2 Å². The van der Waals surface area contributed by atoms with Gasteiger partial charge in [-0.2, -0.15) is 0 Å². The standard InChI is InChI=1S/C13H28N2O2/c1-13(2,3)14-8-11-6-4-5-7-15(11)9-12(17)10-16/h11-12,14,16-17H,4-10H2,1-3H3. The average Bonchev–Trinajstić information content (AvgIpc) is 2.26. The van der Waals surface area contributed by atoms with Gasteiger partial charge in [0.2, 0.25) is 0 Å². The highest BCUT2D eigenvalue weighted by Gasteiger charge is 2.25. The number of rotatable bonds is 5. The molecule has 1 aliphatic rings. The number of hydrogen-bond donors (Lipinski definition) is 3. The Kier molecular flexibility index (Phi) is 5.86. The second-order valence-electron chi connectivity index (χ2n) is 6.11. The van der Waals surface area contributed by atoms with Crippen LogP contribution in [0.4, 0.5) is 0 Å². The predicted octanol–water partition coefficient (Wildman–Crippen LogP) is 0.582. The van der Waals surface area contributed by atoms with Crippen LogP contribution in [0.1, 0.15) is 40.0 Å². The van der Waals surface area contributed by atoms with Crippen LogP contribution in [0.3, 0.4) is 0 Å². The molecule has 102 valence electrons. The van der Waals surface area contributed by atoms with E-state index in [0.29, 0.717) is 12.6 Å². The predicted molar refractivity (Wildman–Crippen MR) is 70.1 cm³/mol. The van der Waals surface area contributed by atoms with Gasteiger partial charge in [0.1, 0.15) is 0 Å². The maximum Gasteiger partial charge on any atom is 0.0897 e. The number of aliphatic hydroxyl groups is 2. The van der Waals surface area contributed by atoms with Crippen LogP contribution in [0.25, 0.3) is 0 Å². The Hall–Kier alpha value is -0.160. The Labute approximate surface area is 105 Å². The molecule has 1 fully saturated rings. The molecule has 1 aliphatic heterocycles. The summed E-state index contributed by atoms with van der Waals surface area (Å²) in [5.41, 5.74) is 0.138. The molecule has 1 saturated heterocycles. The zero-order valence-corrected chi connectivity index (χ0v) is 11.4. The molecule has 0 aliphatic carbocycles. The minimum Gasteiger partial charge on any atom is -0.394 e. The number of hydrogen-bond acceptors (Lipinski definition) is 4. The molecular weight excluding hydrogens is 216 g/mol. The van der Waals surface area contributed by atoms with Crippen molar-refractivity contribution in [1.82, 2.24) is 10.2 Å². The monoisotopic (exact) mass is 244 g/mol. The number of likely N-dealkylation sites (tertiary alicyclic amines) is 1. The fraction of sp³-hybridized carbons (Fsp3) is 1.00. The largest absolute Gasteiger partial charge is 0.394 e. The van der Waals surface area contributed by atoms with Gasteiger partial charge in [0.05, 0.1) is 12.7 Å². The number of β-amino-alcohol motifs (C(OH)–C–C–N with tert-alkyl or cyclic N) is 1. The molecule has 17 heavy (non-hydrogen) atoms. The van der Waals surface area contributed by atoms with Crippen LogP contribution in [0.2, 0.25) is 0 Å². The summed E-state index contributed by atoms with van der Waals surface area (Å²) in [5.74, 6) is 0. The lowest BCUT2D eigenvalue weighted by atomic mass is 10.00. The second-order valence-corrected chi connectivity index (χ2v) is 6.11. The molecule has 0 saturated carbocycles. The van der Waals surface area contributed by atoms with E-state index in [2.05, 4.69) is 31.0 Å². The topological polar surface area (TPSA) is 55.7 Å². The molecule has 1 rings (SSSR count). The molecule has 0 aromatic rings. The first-order valence-electron chi connectivity index (χ1n) is 6.70. The van der Waals surface area contributed by atoms with E-state index in [-0.39, 0.29) is 12.1 Å². The first-order valence-corrected chi connectivity index (χ1v) is 6.70. The fourth-order valence-electron chi connectivity index (χ4n) is 2.28. The summed E-state index contributed by atoms with van der Waals surface area (Å²) in [4.78, 5) is 2.31. The minimum absolute atomic E-state index is 0.138. The van der Waals surface area contributed by atoms with E-state index in [4.69, 9.17) is 5.11 Å². The van der Waals surface area contributed by atoms with E-state index < -0.39 is 6.10 Å². The summed E-state index contributed by atoms with van der Waals surface area (Å²) < 4.78 is 0. The van der Waals surface area contributed by atoms with Crippen LogP contribution in [-0.2, 0) is 0 Å². The fourth-order valence-corrected chi connectivity index (χ4v) is 2.28. The molecule has 4 heteroatoms. The van der Waals surface area contributed by atoms with Crippen molar-refractivity contribution in [3.05, 3.63) is 0 Å². The van der Waals surface area contributed by atoms with Crippen molar-refractivity contribution >= 4 is 0 Å². The summed E-state index contributed by atoms with van der Waals surface area (Å²) in [7, 11) is 0. The van der Waals surface area contributed by atoms with Gasteiger partial charge in [0.25, 0.3) is 0 Å². The van der Waals surface area contributed by atoms with E-state index in [9.17, 15) is 5.11 Å². The second kappa shape index (κ2) is 6.69. The van der Waals surface area contributed by atoms with Gasteiger partial charge < -0.3 is 15.5 Å². The third-order valence-electron chi connectivity index (χ3n) is 3.27. The van der Waals surface area contributed by atoms with Crippen LogP contribution < -0.4 is 5.32 Å². The van der Waals surface area contributed by atoms with Crippen molar-refractivity contribution in [3.8, 4) is 0 Å². The van der Waals surface area contributed by atoms with Crippen molar-refractivity contribution in [3.63, 3.8) is 0 Å². The van der Waals surface area contributed by atoms with Gasteiger partial charge in [-0.25, -0.2) is 0 Å². The number of aliphatic hydroxyl groups excluding tert-OH is 2. The van der Waals surface area contributed by atoms with E-state index in [0.717, 1.165) is 13.1 Å². The molecule has 0 radical (unpaired) electrons. The van der Waals surface area contributed by atoms with Gasteiger partial charge in [-0.3, -0.25) is 4.90 Å². The highest BCUT2D eigenvalue weighted by Crippen LogP contribution is 2.17. The van der Waals surface area contributed by atoms with Gasteiger partial charge in [-0.15, -0.1) is 0 Å². The summed E-state index contributed by atoms with van der Waals surface area (Å²) in [6, 6.07) is 0.490. The maximum atomic E-state index is 9.54. The molecule has 0 aromatic heterocycles. The first-order chi connectivity index (χ1) is 7.92. The van der Waals surface area contributed by atoms with Gasteiger partial charge in [-0.05, 0) is 40.2 Å². The van der Waals surface area contributed by atoms with Crippen molar-refractivity contribution in [2.24, 2.45) is 0 Å². The first kappa shape index (κ1) is 14.9. The number of nitrogens with one attached hydrogen (secondary N) is 1. The third kappa shape index (κ3) is 5.82. The SMILES string of the molecule is CC(C)(C)NCC1CCCCN1CC(O)CO. The average molecular weight is 244 g/mol. The Bertz CT molecular complexity index is 216. The van der Waals surface area contributed by atoms with Crippen LogP contribution in [-0.4, -0.2) is 59.0 Å². The summed E-state index contributed by atoms with van der Waals surface area (Å²) >= 11 is 0. The van der Waals surface area contributed by atoms with Gasteiger partial charge in [0, 0.05) is 24.7 Å². The summed E-state index contributed by atoms with van der Waals surface area (Å²) in [6.07, 6.45) is 3.04. The van der Waals surface area contributed by atoms with E-state index in [1.807, 2.05) is 0 Å². The lowest BCUT2D eigenvalue weighted by Crippen LogP contribution is -2.51. The van der Waals surface area contributed by atoms with Crippen molar-refractivity contribution in [1.29, 1.82) is 0 Å². The molecule has 0 aromatic carbocycles. The van der Waals surface area contributed by atoms with Crippen LogP contribution in [0, 0.1) is 0 Å². The van der Waals surface area contributed by atoms with Crippen molar-refractivity contribution in [2.45, 2.75) is 57.7 Å². The normalized spacial score (nSPS) is 24.9. The molecule has 0 bridgehead atoms. The maximum absolute atomic E-state index is 9.54. The smallest absolute Gasteiger partial charge is 0.0897 e. The van der Waals surface area contributed by atoms with Crippen LogP contribution >= 0.6 is 0 Å².